The summed E-state index contributed by atoms with van der Waals surface area (Å²) < 4.78 is 6.02. The van der Waals surface area contributed by atoms with Crippen LogP contribution in [0.5, 0.6) is 0 Å². The molecule has 0 radical (unpaired) electrons. The fraction of sp³-hybridized carbons (Fsp3) is 0.0625. The maximum atomic E-state index is 11.3. The second-order valence-corrected chi connectivity index (χ2v) is 3.90. The van der Waals surface area contributed by atoms with Crippen LogP contribution in [0.4, 0.5) is 0 Å². The second-order valence-electron chi connectivity index (χ2n) is 3.90. The van der Waals surface area contributed by atoms with E-state index in [4.69, 9.17) is 6.42 Å². The van der Waals surface area contributed by atoms with Crippen LogP contribution in [-0.4, -0.2) is 27.7 Å². The van der Waals surface area contributed by atoms with Crippen LogP contribution < -0.4 is 0 Å². The zero-order chi connectivity index (χ0) is 15.1. The van der Waals surface area contributed by atoms with E-state index in [0.29, 0.717) is 11.2 Å². The van der Waals surface area contributed by atoms with Crippen molar-refractivity contribution >= 4 is 11.6 Å². The Morgan fingerprint density at radius 2 is 1.81 bits per heavy atom. The molecule has 5 heteroatoms. The van der Waals surface area contributed by atoms with Gasteiger partial charge in [0.25, 0.3) is 0 Å². The number of esters is 1. The quantitative estimate of drug-likeness (QED) is 0.506. The third-order valence-corrected chi connectivity index (χ3v) is 2.59. The van der Waals surface area contributed by atoms with E-state index in [-0.39, 0.29) is 5.69 Å². The minimum absolute atomic E-state index is 0.110. The molecule has 2 heterocycles. The molecule has 0 aliphatic rings. The van der Waals surface area contributed by atoms with E-state index in [2.05, 4.69) is 20.7 Å². The fourth-order valence-corrected chi connectivity index (χ4v) is 1.64. The largest absolute Gasteiger partial charge is 0.464 e. The van der Waals surface area contributed by atoms with E-state index in [0.717, 1.165) is 0 Å². The van der Waals surface area contributed by atoms with Gasteiger partial charge in [-0.15, -0.1) is 6.42 Å². The molecule has 0 bridgehead atoms. The predicted octanol–water partition coefficient (Wildman–Crippen LogP) is 2.18. The first-order valence-electron chi connectivity index (χ1n) is 6.16. The molecule has 0 unspecified atom stereocenters. The van der Waals surface area contributed by atoms with Gasteiger partial charge in [0, 0.05) is 12.4 Å². The van der Waals surface area contributed by atoms with Gasteiger partial charge in [0.05, 0.1) is 7.11 Å². The molecule has 0 saturated heterocycles. The average molecular weight is 279 g/mol. The van der Waals surface area contributed by atoms with E-state index < -0.39 is 5.97 Å². The lowest BCUT2D eigenvalue weighted by atomic mass is 10.2. The summed E-state index contributed by atoms with van der Waals surface area (Å²) in [5.74, 6) is 1.83. The molecule has 0 amide bonds. The molecule has 0 fully saturated rings. The highest BCUT2D eigenvalue weighted by Crippen LogP contribution is 2.12. The normalized spacial score (nSPS) is 9.33. The first-order valence-corrected chi connectivity index (χ1v) is 6.16. The number of hydrogen-bond donors (Lipinski definition) is 0. The summed E-state index contributed by atoms with van der Waals surface area (Å²) in [6.07, 6.45) is 8.55. The Balaban J connectivity index is 0.000000225. The van der Waals surface area contributed by atoms with Crippen molar-refractivity contribution in [2.45, 2.75) is 0 Å². The molecule has 0 saturated carbocycles. The molecule has 0 atom stereocenters. The second kappa shape index (κ2) is 6.87. The zero-order valence-corrected chi connectivity index (χ0v) is 11.4. The number of hydrogen-bond acceptors (Lipinski definition) is 4. The number of aromatic nitrogens is 3. The van der Waals surface area contributed by atoms with Crippen molar-refractivity contribution in [3.63, 3.8) is 0 Å². The highest BCUT2D eigenvalue weighted by atomic mass is 16.5. The number of terminal acetylenes is 1. The van der Waals surface area contributed by atoms with Gasteiger partial charge in [0.2, 0.25) is 0 Å². The summed E-state index contributed by atoms with van der Waals surface area (Å²) in [6.45, 7) is 0. The molecule has 0 N–H and O–H groups in total. The number of fused-ring (bicyclic) bond motifs is 1. The Bertz CT molecular complexity index is 746. The molecule has 1 aromatic carbocycles. The average Bonchev–Trinajstić information content (AvgIpc) is 2.95. The Hall–Kier alpha value is -3.13. The third kappa shape index (κ3) is 3.25. The van der Waals surface area contributed by atoms with Gasteiger partial charge in [-0.2, -0.15) is 5.10 Å². The molecule has 0 aliphatic carbocycles. The van der Waals surface area contributed by atoms with Crippen LogP contribution in [0.2, 0.25) is 0 Å². The number of rotatable bonds is 1. The predicted molar refractivity (Wildman–Crippen MR) is 78.7 cm³/mol. The number of methoxy groups -OCH3 is 1. The summed E-state index contributed by atoms with van der Waals surface area (Å²) in [7, 11) is 1.28. The molecule has 3 rings (SSSR count). The number of carbonyl (C=O) groups excluding carboxylic acids is 1. The Morgan fingerprint density at radius 3 is 2.33 bits per heavy atom. The Labute approximate surface area is 122 Å². The van der Waals surface area contributed by atoms with Crippen LogP contribution in [0.15, 0.2) is 54.9 Å². The van der Waals surface area contributed by atoms with Crippen molar-refractivity contribution in [1.29, 1.82) is 0 Å². The minimum atomic E-state index is -0.562. The number of ether oxygens (including phenoxy) is 1. The number of nitrogens with zero attached hydrogens (tertiary/aromatic N) is 3. The molecule has 0 spiro atoms. The number of carbonyl (C=O) groups is 1. The standard InChI is InChI=1S/C10H7N3O2.C6H6/c1-3-7-8(10(14)15-2)12-13-6-4-5-11-9(7)13;1-2-4-6-5-3-1/h1,4-6H,2H3;1-6H. The van der Waals surface area contributed by atoms with Gasteiger partial charge in [-0.3, -0.25) is 0 Å². The van der Waals surface area contributed by atoms with Crippen LogP contribution in [0.25, 0.3) is 5.65 Å². The minimum Gasteiger partial charge on any atom is -0.464 e. The molecular weight excluding hydrogens is 266 g/mol. The van der Waals surface area contributed by atoms with Gasteiger partial charge in [0.15, 0.2) is 11.3 Å². The smallest absolute Gasteiger partial charge is 0.359 e. The molecule has 5 nitrogen and oxygen atoms in total. The highest BCUT2D eigenvalue weighted by molar-refractivity contribution is 5.92. The molecular formula is C16H13N3O2. The van der Waals surface area contributed by atoms with Gasteiger partial charge >= 0.3 is 5.97 Å². The highest BCUT2D eigenvalue weighted by Gasteiger charge is 2.18. The van der Waals surface area contributed by atoms with E-state index in [1.54, 1.807) is 18.5 Å². The van der Waals surface area contributed by atoms with Crippen LogP contribution in [-0.2, 0) is 4.74 Å². The first kappa shape index (κ1) is 14.3. The van der Waals surface area contributed by atoms with Crippen LogP contribution >= 0.6 is 0 Å². The zero-order valence-electron chi connectivity index (χ0n) is 11.4. The van der Waals surface area contributed by atoms with Crippen molar-refractivity contribution in [2.24, 2.45) is 0 Å². The Kier molecular flexibility index (Phi) is 4.67. The van der Waals surface area contributed by atoms with Crippen molar-refractivity contribution in [2.75, 3.05) is 7.11 Å². The van der Waals surface area contributed by atoms with Gasteiger partial charge in [-0.1, -0.05) is 42.3 Å². The molecule has 21 heavy (non-hydrogen) atoms. The lowest BCUT2D eigenvalue weighted by Gasteiger charge is -1.92. The Morgan fingerprint density at radius 1 is 1.19 bits per heavy atom. The lowest BCUT2D eigenvalue weighted by molar-refractivity contribution is 0.0593. The first-order chi connectivity index (χ1) is 10.3. The van der Waals surface area contributed by atoms with E-state index >= 15 is 0 Å². The van der Waals surface area contributed by atoms with E-state index in [1.165, 1.54) is 11.6 Å². The monoisotopic (exact) mass is 279 g/mol. The summed E-state index contributed by atoms with van der Waals surface area (Å²) in [4.78, 5) is 15.4. The SMILES string of the molecule is C#Cc1c(C(=O)OC)nn2cccnc12.c1ccccc1. The fourth-order valence-electron chi connectivity index (χ4n) is 1.64. The molecule has 2 aromatic heterocycles. The van der Waals surface area contributed by atoms with Gasteiger partial charge < -0.3 is 4.74 Å². The molecule has 3 aromatic rings. The van der Waals surface area contributed by atoms with Gasteiger partial charge in [0.1, 0.15) is 5.56 Å². The van der Waals surface area contributed by atoms with Crippen molar-refractivity contribution in [3.05, 3.63) is 66.1 Å². The van der Waals surface area contributed by atoms with E-state index in [1.807, 2.05) is 36.4 Å². The summed E-state index contributed by atoms with van der Waals surface area (Å²) in [5.41, 5.74) is 0.932. The molecule has 104 valence electrons. The topological polar surface area (TPSA) is 56.5 Å². The van der Waals surface area contributed by atoms with Crippen LogP contribution in [0.3, 0.4) is 0 Å². The maximum Gasteiger partial charge on any atom is 0.359 e. The summed E-state index contributed by atoms with van der Waals surface area (Å²) in [5, 5.41) is 3.99. The summed E-state index contributed by atoms with van der Waals surface area (Å²) >= 11 is 0. The van der Waals surface area contributed by atoms with Crippen molar-refractivity contribution in [1.82, 2.24) is 14.6 Å². The van der Waals surface area contributed by atoms with Crippen LogP contribution in [0, 0.1) is 12.3 Å². The third-order valence-electron chi connectivity index (χ3n) is 2.59. The molecule has 0 aliphatic heterocycles. The van der Waals surface area contributed by atoms with Gasteiger partial charge in [-0.05, 0) is 6.07 Å². The van der Waals surface area contributed by atoms with Crippen molar-refractivity contribution in [3.8, 4) is 12.3 Å². The van der Waals surface area contributed by atoms with E-state index in [9.17, 15) is 4.79 Å². The van der Waals surface area contributed by atoms with Crippen molar-refractivity contribution < 1.29 is 9.53 Å². The van der Waals surface area contributed by atoms with Gasteiger partial charge in [-0.25, -0.2) is 14.3 Å². The number of benzene rings is 1. The van der Waals surface area contributed by atoms with Crippen LogP contribution in [0.1, 0.15) is 16.1 Å². The maximum absolute atomic E-state index is 11.3. The summed E-state index contributed by atoms with van der Waals surface area (Å²) in [6, 6.07) is 13.7. The lowest BCUT2D eigenvalue weighted by Crippen LogP contribution is -2.04.